The topological polar surface area (TPSA) is 55.6 Å². The second kappa shape index (κ2) is 4.55. The highest BCUT2D eigenvalue weighted by Gasteiger charge is 2.59. The first-order valence-corrected chi connectivity index (χ1v) is 5.78. The zero-order valence-electron chi connectivity index (χ0n) is 11.3. The van der Waals surface area contributed by atoms with Gasteiger partial charge >= 0.3 is 12.1 Å². The third-order valence-electron chi connectivity index (χ3n) is 2.58. The molecular weight excluding hydrogens is 222 g/mol. The quantitative estimate of drug-likeness (QED) is 0.548. The molecule has 0 aromatic heterocycles. The van der Waals surface area contributed by atoms with Crippen LogP contribution < -0.4 is 0 Å². The molecule has 0 aliphatic carbocycles. The van der Waals surface area contributed by atoms with Crippen LogP contribution >= 0.6 is 0 Å². The van der Waals surface area contributed by atoms with Gasteiger partial charge in [0, 0.05) is 0 Å². The van der Waals surface area contributed by atoms with Crippen LogP contribution in [0.25, 0.3) is 0 Å². The number of rotatable bonds is 2. The van der Waals surface area contributed by atoms with Crippen LogP contribution in [0.5, 0.6) is 0 Å². The van der Waals surface area contributed by atoms with Crippen LogP contribution in [0.4, 0.5) is 4.79 Å². The first kappa shape index (κ1) is 13.8. The molecule has 0 N–H and O–H groups in total. The summed E-state index contributed by atoms with van der Waals surface area (Å²) in [5.74, 6) is -0.179. The maximum absolute atomic E-state index is 11.9. The molecule has 1 aliphatic heterocycles. The lowest BCUT2D eigenvalue weighted by atomic mass is 10.1. The van der Waals surface area contributed by atoms with E-state index in [1.54, 1.807) is 20.8 Å². The number of carbonyl (C=O) groups is 2. The average Bonchev–Trinajstić information content (AvgIpc) is 2.88. The third-order valence-corrected chi connectivity index (χ3v) is 2.58. The van der Waals surface area contributed by atoms with Gasteiger partial charge in [-0.3, -0.25) is 4.90 Å². The monoisotopic (exact) mass is 243 g/mol. The van der Waals surface area contributed by atoms with E-state index in [1.807, 2.05) is 13.8 Å². The highest BCUT2D eigenvalue weighted by Crippen LogP contribution is 2.36. The fourth-order valence-electron chi connectivity index (χ4n) is 1.86. The summed E-state index contributed by atoms with van der Waals surface area (Å²) in [5.41, 5.74) is -0.554. The van der Waals surface area contributed by atoms with Crippen molar-refractivity contribution in [3.63, 3.8) is 0 Å². The second-order valence-corrected chi connectivity index (χ2v) is 5.59. The molecule has 0 unspecified atom stereocenters. The SMILES string of the molecule is COC(=O)[C@H]1[C@H](C(C)C)N1C(=O)OC(C)(C)C. The summed E-state index contributed by atoms with van der Waals surface area (Å²) in [6.45, 7) is 9.32. The zero-order chi connectivity index (χ0) is 13.4. The van der Waals surface area contributed by atoms with E-state index in [9.17, 15) is 9.59 Å². The van der Waals surface area contributed by atoms with E-state index >= 15 is 0 Å². The lowest BCUT2D eigenvalue weighted by Gasteiger charge is -2.20. The lowest BCUT2D eigenvalue weighted by Crippen LogP contribution is -2.29. The zero-order valence-corrected chi connectivity index (χ0v) is 11.3. The van der Waals surface area contributed by atoms with Gasteiger partial charge in [-0.15, -0.1) is 0 Å². The van der Waals surface area contributed by atoms with Gasteiger partial charge in [0.2, 0.25) is 0 Å². The molecule has 1 fully saturated rings. The molecule has 0 aromatic rings. The summed E-state index contributed by atoms with van der Waals surface area (Å²) in [5, 5.41) is 0. The minimum Gasteiger partial charge on any atom is -0.467 e. The Hall–Kier alpha value is -1.26. The first-order valence-electron chi connectivity index (χ1n) is 5.78. The summed E-state index contributed by atoms with van der Waals surface area (Å²) in [6.07, 6.45) is -0.452. The highest BCUT2D eigenvalue weighted by molar-refractivity contribution is 5.88. The summed E-state index contributed by atoms with van der Waals surface area (Å²) in [7, 11) is 1.32. The van der Waals surface area contributed by atoms with Gasteiger partial charge in [0.25, 0.3) is 0 Å². The van der Waals surface area contributed by atoms with Gasteiger partial charge in [-0.2, -0.15) is 0 Å². The van der Waals surface area contributed by atoms with Crippen molar-refractivity contribution < 1.29 is 19.1 Å². The van der Waals surface area contributed by atoms with Crippen LogP contribution in [-0.2, 0) is 14.3 Å². The maximum Gasteiger partial charge on any atom is 0.411 e. The number of hydrogen-bond acceptors (Lipinski definition) is 4. The predicted octanol–water partition coefficient (Wildman–Crippen LogP) is 1.80. The molecule has 0 spiro atoms. The van der Waals surface area contributed by atoms with Crippen molar-refractivity contribution in [2.24, 2.45) is 5.92 Å². The Balaban J connectivity index is 2.71. The number of esters is 1. The summed E-state index contributed by atoms with van der Waals surface area (Å²) in [6, 6.07) is -0.604. The van der Waals surface area contributed by atoms with E-state index in [4.69, 9.17) is 4.74 Å². The van der Waals surface area contributed by atoms with Crippen molar-refractivity contribution >= 4 is 12.1 Å². The van der Waals surface area contributed by atoms with Crippen molar-refractivity contribution in [1.29, 1.82) is 0 Å². The van der Waals surface area contributed by atoms with E-state index in [1.165, 1.54) is 12.0 Å². The van der Waals surface area contributed by atoms with Gasteiger partial charge in [-0.25, -0.2) is 9.59 Å². The van der Waals surface area contributed by atoms with Gasteiger partial charge < -0.3 is 9.47 Å². The number of nitrogens with zero attached hydrogens (tertiary/aromatic N) is 1. The normalized spacial score (nSPS) is 23.6. The third kappa shape index (κ3) is 3.11. The Morgan fingerprint density at radius 2 is 1.76 bits per heavy atom. The largest absolute Gasteiger partial charge is 0.467 e. The van der Waals surface area contributed by atoms with Crippen LogP contribution in [0.3, 0.4) is 0 Å². The Bertz CT molecular complexity index is 319. The van der Waals surface area contributed by atoms with Crippen molar-refractivity contribution in [2.45, 2.75) is 52.3 Å². The highest BCUT2D eigenvalue weighted by atomic mass is 16.6. The van der Waals surface area contributed by atoms with Crippen LogP contribution in [0, 0.1) is 5.92 Å². The van der Waals surface area contributed by atoms with E-state index in [-0.39, 0.29) is 17.9 Å². The Kier molecular flexibility index (Phi) is 3.69. The molecule has 5 heteroatoms. The fourth-order valence-corrected chi connectivity index (χ4v) is 1.86. The molecule has 0 saturated carbocycles. The maximum atomic E-state index is 11.9. The molecule has 1 saturated heterocycles. The van der Waals surface area contributed by atoms with E-state index in [0.717, 1.165) is 0 Å². The Morgan fingerprint density at radius 3 is 2.12 bits per heavy atom. The fraction of sp³-hybridized carbons (Fsp3) is 0.833. The first-order chi connectivity index (χ1) is 7.69. The molecular formula is C12H21NO4. The predicted molar refractivity (Wildman–Crippen MR) is 62.5 cm³/mol. The molecule has 1 rings (SSSR count). The summed E-state index contributed by atoms with van der Waals surface area (Å²) < 4.78 is 9.92. The van der Waals surface area contributed by atoms with Crippen LogP contribution in [0.1, 0.15) is 34.6 Å². The standard InChI is InChI=1S/C12H21NO4/c1-7(2)8-9(10(14)16-6)13(8)11(15)17-12(3,4)5/h7-9H,1-6H3/t8-,9+,13?/m0/s1. The lowest BCUT2D eigenvalue weighted by molar-refractivity contribution is -0.141. The molecule has 1 heterocycles. The molecule has 2 atom stereocenters. The Morgan fingerprint density at radius 1 is 1.24 bits per heavy atom. The minimum absolute atomic E-state index is 0.114. The van der Waals surface area contributed by atoms with Gasteiger partial charge in [-0.05, 0) is 26.7 Å². The van der Waals surface area contributed by atoms with Crippen molar-refractivity contribution in [3.8, 4) is 0 Å². The van der Waals surface area contributed by atoms with E-state index in [2.05, 4.69) is 4.74 Å². The molecule has 0 radical (unpaired) electrons. The molecule has 5 nitrogen and oxygen atoms in total. The molecule has 1 amide bonds. The van der Waals surface area contributed by atoms with Crippen molar-refractivity contribution in [3.05, 3.63) is 0 Å². The number of amides is 1. The second-order valence-electron chi connectivity index (χ2n) is 5.59. The van der Waals surface area contributed by atoms with Crippen LogP contribution in [0.15, 0.2) is 0 Å². The van der Waals surface area contributed by atoms with Gasteiger partial charge in [0.05, 0.1) is 13.2 Å². The summed E-state index contributed by atoms with van der Waals surface area (Å²) in [4.78, 5) is 24.8. The van der Waals surface area contributed by atoms with Crippen molar-refractivity contribution in [1.82, 2.24) is 4.90 Å². The molecule has 98 valence electrons. The number of methoxy groups -OCH3 is 1. The summed E-state index contributed by atoms with van der Waals surface area (Å²) >= 11 is 0. The van der Waals surface area contributed by atoms with Crippen molar-refractivity contribution in [2.75, 3.05) is 7.11 Å². The van der Waals surface area contributed by atoms with E-state index in [0.29, 0.717) is 0 Å². The number of hydrogen-bond donors (Lipinski definition) is 0. The molecule has 17 heavy (non-hydrogen) atoms. The van der Waals surface area contributed by atoms with Crippen LogP contribution in [0.2, 0.25) is 0 Å². The van der Waals surface area contributed by atoms with Gasteiger partial charge in [0.15, 0.2) is 6.04 Å². The van der Waals surface area contributed by atoms with E-state index < -0.39 is 17.7 Å². The smallest absolute Gasteiger partial charge is 0.411 e. The van der Waals surface area contributed by atoms with Crippen LogP contribution in [-0.4, -0.2) is 41.8 Å². The average molecular weight is 243 g/mol. The van der Waals surface area contributed by atoms with Gasteiger partial charge in [-0.1, -0.05) is 13.8 Å². The minimum atomic E-state index is -0.554. The van der Waals surface area contributed by atoms with Gasteiger partial charge in [0.1, 0.15) is 5.60 Å². The molecule has 1 aliphatic rings. The number of ether oxygens (including phenoxy) is 2. The molecule has 0 bridgehead atoms. The number of carbonyl (C=O) groups excluding carboxylic acids is 2. The molecule has 0 aromatic carbocycles. The Labute approximate surface area is 102 Å².